The molecule has 0 saturated carbocycles. The van der Waals surface area contributed by atoms with E-state index in [0.717, 1.165) is 36.1 Å². The van der Waals surface area contributed by atoms with E-state index in [4.69, 9.17) is 21.7 Å². The van der Waals surface area contributed by atoms with Gasteiger partial charge in [0.2, 0.25) is 5.91 Å². The van der Waals surface area contributed by atoms with Crippen LogP contribution in [-0.2, 0) is 28.8 Å². The Morgan fingerprint density at radius 1 is 1.14 bits per heavy atom. The molecule has 148 valence electrons. The molecule has 0 atom stereocenters. The number of nitrogens with one attached hydrogen (secondary N) is 3. The van der Waals surface area contributed by atoms with Crippen LogP contribution in [0, 0.1) is 0 Å². The summed E-state index contributed by atoms with van der Waals surface area (Å²) in [5, 5.41) is 3.84. The summed E-state index contributed by atoms with van der Waals surface area (Å²) in [5.74, 6) is 0.112. The summed E-state index contributed by atoms with van der Waals surface area (Å²) in [6, 6.07) is 7.24. The highest BCUT2D eigenvalue weighted by atomic mass is 32.1. The van der Waals surface area contributed by atoms with Crippen molar-refractivity contribution < 1.29 is 19.1 Å². The molecule has 2 aromatic rings. The molecule has 1 amide bonds. The number of methoxy groups -OCH3 is 2. The Balaban J connectivity index is 1.56. The number of hydrogen-bond acceptors (Lipinski definition) is 6. The SMILES string of the molecule is COC(=O)c1c(NC(=S)NNC(=O)Cc2ccc(OC)cc2)sc2c1CCC2. The number of carbonyl (C=O) groups is 2. The van der Waals surface area contributed by atoms with Gasteiger partial charge in [0.1, 0.15) is 10.8 Å². The van der Waals surface area contributed by atoms with Crippen LogP contribution < -0.4 is 20.9 Å². The first-order valence-electron chi connectivity index (χ1n) is 8.73. The molecule has 0 unspecified atom stereocenters. The summed E-state index contributed by atoms with van der Waals surface area (Å²) in [7, 11) is 2.95. The standard InChI is InChI=1S/C19H21N3O4S2/c1-25-12-8-6-11(7-9-12)10-15(23)21-22-19(27)20-17-16(18(24)26-2)13-4-3-5-14(13)28-17/h6-9H,3-5,10H2,1-2H3,(H,21,23)(H2,20,22,27). The molecule has 0 aliphatic heterocycles. The maximum absolute atomic E-state index is 12.2. The number of amides is 1. The normalized spacial score (nSPS) is 12.1. The van der Waals surface area contributed by atoms with E-state index in [0.29, 0.717) is 10.6 Å². The second-order valence-electron chi connectivity index (χ2n) is 6.21. The highest BCUT2D eigenvalue weighted by Crippen LogP contribution is 2.39. The molecule has 1 aromatic carbocycles. The first kappa shape index (κ1) is 20.1. The van der Waals surface area contributed by atoms with Gasteiger partial charge < -0.3 is 14.8 Å². The van der Waals surface area contributed by atoms with Crippen LogP contribution in [0.3, 0.4) is 0 Å². The molecule has 0 saturated heterocycles. The minimum atomic E-state index is -0.381. The van der Waals surface area contributed by atoms with E-state index in [-0.39, 0.29) is 23.4 Å². The summed E-state index contributed by atoms with van der Waals surface area (Å²) < 4.78 is 10.0. The quantitative estimate of drug-likeness (QED) is 0.390. The first-order chi connectivity index (χ1) is 13.5. The Hall–Kier alpha value is -2.65. The fourth-order valence-electron chi connectivity index (χ4n) is 3.04. The fraction of sp³-hybridized carbons (Fsp3) is 0.316. The van der Waals surface area contributed by atoms with Crippen molar-refractivity contribution in [3.63, 3.8) is 0 Å². The average Bonchev–Trinajstić information content (AvgIpc) is 3.27. The summed E-state index contributed by atoms with van der Waals surface area (Å²) in [6.07, 6.45) is 3.04. The number of hydrogen-bond donors (Lipinski definition) is 3. The van der Waals surface area contributed by atoms with Gasteiger partial charge in [-0.25, -0.2) is 4.79 Å². The van der Waals surface area contributed by atoms with Gasteiger partial charge >= 0.3 is 5.97 Å². The highest BCUT2D eigenvalue weighted by molar-refractivity contribution is 7.80. The van der Waals surface area contributed by atoms with E-state index in [9.17, 15) is 9.59 Å². The zero-order valence-corrected chi connectivity index (χ0v) is 17.2. The number of carbonyl (C=O) groups excluding carboxylic acids is 2. The maximum Gasteiger partial charge on any atom is 0.341 e. The summed E-state index contributed by atoms with van der Waals surface area (Å²) >= 11 is 6.74. The Kier molecular flexibility index (Phi) is 6.48. The lowest BCUT2D eigenvalue weighted by atomic mass is 10.1. The van der Waals surface area contributed by atoms with Gasteiger partial charge in [-0.2, -0.15) is 0 Å². The van der Waals surface area contributed by atoms with E-state index in [1.165, 1.54) is 23.3 Å². The Bertz CT molecular complexity index is 893. The lowest BCUT2D eigenvalue weighted by Gasteiger charge is -2.12. The van der Waals surface area contributed by atoms with E-state index in [1.54, 1.807) is 19.2 Å². The molecule has 0 fully saturated rings. The number of thiophene rings is 1. The Morgan fingerprint density at radius 2 is 1.89 bits per heavy atom. The fourth-order valence-corrected chi connectivity index (χ4v) is 4.54. The molecule has 3 rings (SSSR count). The van der Waals surface area contributed by atoms with E-state index >= 15 is 0 Å². The van der Waals surface area contributed by atoms with Crippen molar-refractivity contribution in [3.8, 4) is 5.75 Å². The average molecular weight is 420 g/mol. The van der Waals surface area contributed by atoms with Crippen molar-refractivity contribution in [3.05, 3.63) is 45.8 Å². The van der Waals surface area contributed by atoms with Gasteiger partial charge in [-0.1, -0.05) is 12.1 Å². The van der Waals surface area contributed by atoms with Crippen LogP contribution in [0.2, 0.25) is 0 Å². The molecule has 28 heavy (non-hydrogen) atoms. The van der Waals surface area contributed by atoms with Crippen molar-refractivity contribution in [2.45, 2.75) is 25.7 Å². The molecule has 0 bridgehead atoms. The molecule has 9 heteroatoms. The summed E-state index contributed by atoms with van der Waals surface area (Å²) in [5.41, 5.74) is 7.65. The second-order valence-corrected chi connectivity index (χ2v) is 7.72. The molecule has 1 aromatic heterocycles. The molecule has 0 radical (unpaired) electrons. The minimum Gasteiger partial charge on any atom is -0.497 e. The summed E-state index contributed by atoms with van der Waals surface area (Å²) in [4.78, 5) is 25.4. The predicted molar refractivity (Wildman–Crippen MR) is 112 cm³/mol. The van der Waals surface area contributed by atoms with E-state index in [1.807, 2.05) is 12.1 Å². The van der Waals surface area contributed by atoms with Crippen molar-refractivity contribution in [2.24, 2.45) is 0 Å². The van der Waals surface area contributed by atoms with Gasteiger partial charge in [-0.15, -0.1) is 11.3 Å². The van der Waals surface area contributed by atoms with Gasteiger partial charge in [0, 0.05) is 4.88 Å². The number of esters is 1. The predicted octanol–water partition coefficient (Wildman–Crippen LogP) is 2.59. The minimum absolute atomic E-state index is 0.195. The molecule has 0 spiro atoms. The molecule has 1 aliphatic rings. The third-order valence-electron chi connectivity index (χ3n) is 4.38. The number of thiocarbonyl (C=S) groups is 1. The number of fused-ring (bicyclic) bond motifs is 1. The van der Waals surface area contributed by atoms with Gasteiger partial charge in [-0.05, 0) is 54.7 Å². The van der Waals surface area contributed by atoms with E-state index < -0.39 is 0 Å². The second kappa shape index (κ2) is 9.03. The lowest BCUT2D eigenvalue weighted by Crippen LogP contribution is -2.44. The Labute approximate surface area is 172 Å². The first-order valence-corrected chi connectivity index (χ1v) is 9.96. The smallest absolute Gasteiger partial charge is 0.341 e. The van der Waals surface area contributed by atoms with Crippen LogP contribution in [-0.4, -0.2) is 31.2 Å². The van der Waals surface area contributed by atoms with Crippen LogP contribution in [0.15, 0.2) is 24.3 Å². The molecular weight excluding hydrogens is 398 g/mol. The number of benzene rings is 1. The highest BCUT2D eigenvalue weighted by Gasteiger charge is 2.27. The Morgan fingerprint density at radius 3 is 2.57 bits per heavy atom. The topological polar surface area (TPSA) is 88.7 Å². The van der Waals surface area contributed by atoms with Crippen LogP contribution in [0.25, 0.3) is 0 Å². The van der Waals surface area contributed by atoms with Crippen LogP contribution in [0.1, 0.15) is 32.8 Å². The third kappa shape index (κ3) is 4.60. The van der Waals surface area contributed by atoms with Crippen LogP contribution in [0.5, 0.6) is 5.75 Å². The number of anilines is 1. The van der Waals surface area contributed by atoms with Gasteiger partial charge in [0.05, 0.1) is 26.2 Å². The monoisotopic (exact) mass is 419 g/mol. The van der Waals surface area contributed by atoms with Crippen LogP contribution in [0.4, 0.5) is 5.00 Å². The number of hydrazine groups is 1. The number of aryl methyl sites for hydroxylation is 1. The van der Waals surface area contributed by atoms with Gasteiger partial charge in [0.25, 0.3) is 0 Å². The molecule has 3 N–H and O–H groups in total. The largest absolute Gasteiger partial charge is 0.497 e. The zero-order chi connectivity index (χ0) is 20.1. The third-order valence-corrected chi connectivity index (χ3v) is 5.79. The molecule has 1 heterocycles. The van der Waals surface area contributed by atoms with Crippen molar-refractivity contribution in [1.29, 1.82) is 0 Å². The van der Waals surface area contributed by atoms with Crippen molar-refractivity contribution >= 4 is 45.5 Å². The van der Waals surface area contributed by atoms with Gasteiger partial charge in [0.15, 0.2) is 5.11 Å². The number of ether oxygens (including phenoxy) is 2. The summed E-state index contributed by atoms with van der Waals surface area (Å²) in [6.45, 7) is 0. The molecular formula is C19H21N3O4S2. The lowest BCUT2D eigenvalue weighted by molar-refractivity contribution is -0.121. The zero-order valence-electron chi connectivity index (χ0n) is 15.6. The number of rotatable bonds is 5. The van der Waals surface area contributed by atoms with Crippen molar-refractivity contribution in [2.75, 3.05) is 19.5 Å². The van der Waals surface area contributed by atoms with Crippen LogP contribution >= 0.6 is 23.6 Å². The van der Waals surface area contributed by atoms with E-state index in [2.05, 4.69) is 16.2 Å². The maximum atomic E-state index is 12.2. The van der Waals surface area contributed by atoms with Crippen molar-refractivity contribution in [1.82, 2.24) is 10.9 Å². The molecule has 7 nitrogen and oxygen atoms in total. The molecule has 1 aliphatic carbocycles. The van der Waals surface area contributed by atoms with Gasteiger partial charge in [-0.3, -0.25) is 15.6 Å².